The van der Waals surface area contributed by atoms with Gasteiger partial charge in [0.1, 0.15) is 15.9 Å². The molecule has 0 bridgehead atoms. The standard InChI is InChI=1S/C34H32N2O5S/c1-3-24(20-33-35(2)29-22-27(14-16-31(29)40-33)25-10-6-4-7-11-25)21-34-36(18-19-42(37,38)39)30-23-28(15-17-32(30)41-34)26-12-8-5-9-13-26/h4-17,21-23,33H,3,18-20H2,1-2H3/b24-21-. The molecule has 0 saturated carbocycles. The summed E-state index contributed by atoms with van der Waals surface area (Å²) in [6, 6.07) is 32.3. The number of aryl methyl sites for hydroxylation is 1. The van der Waals surface area contributed by atoms with Crippen molar-refractivity contribution in [2.45, 2.75) is 32.5 Å². The van der Waals surface area contributed by atoms with Gasteiger partial charge in [0.05, 0.1) is 17.5 Å². The predicted octanol–water partition coefficient (Wildman–Crippen LogP) is 6.64. The van der Waals surface area contributed by atoms with Crippen LogP contribution < -0.4 is 14.2 Å². The third-order valence-electron chi connectivity index (χ3n) is 7.76. The van der Waals surface area contributed by atoms with E-state index in [-0.39, 0.29) is 12.8 Å². The van der Waals surface area contributed by atoms with Crippen molar-refractivity contribution in [3.63, 3.8) is 0 Å². The van der Waals surface area contributed by atoms with E-state index in [9.17, 15) is 13.0 Å². The highest BCUT2D eigenvalue weighted by molar-refractivity contribution is 7.85. The van der Waals surface area contributed by atoms with Crippen LogP contribution in [0.2, 0.25) is 0 Å². The number of benzene rings is 4. The average Bonchev–Trinajstić information content (AvgIpc) is 3.51. The number of ether oxygens (including phenoxy) is 1. The molecule has 0 N–H and O–H groups in total. The fraction of sp³-hybridized carbons (Fsp3) is 0.206. The maximum Gasteiger partial charge on any atom is 0.374 e. The van der Waals surface area contributed by atoms with E-state index in [4.69, 9.17) is 9.15 Å². The minimum atomic E-state index is -4.42. The highest BCUT2D eigenvalue weighted by atomic mass is 32.2. The van der Waals surface area contributed by atoms with Gasteiger partial charge in [0.2, 0.25) is 5.58 Å². The second kappa shape index (κ2) is 11.5. The van der Waals surface area contributed by atoms with Crippen LogP contribution in [-0.4, -0.2) is 32.0 Å². The quantitative estimate of drug-likeness (QED) is 0.144. The first-order chi connectivity index (χ1) is 20.3. The Labute approximate surface area is 246 Å². The first-order valence-electron chi connectivity index (χ1n) is 14.0. The van der Waals surface area contributed by atoms with Crippen LogP contribution in [0.3, 0.4) is 0 Å². The van der Waals surface area contributed by atoms with Gasteiger partial charge >= 0.3 is 5.89 Å². The third-order valence-corrected chi connectivity index (χ3v) is 8.44. The largest absolute Gasteiger partial charge is 0.748 e. The van der Waals surface area contributed by atoms with Crippen LogP contribution in [-0.2, 0) is 16.7 Å². The maximum atomic E-state index is 11.6. The molecule has 1 atom stereocenters. The first-order valence-corrected chi connectivity index (χ1v) is 15.6. The molecule has 5 aromatic rings. The molecule has 0 aliphatic carbocycles. The lowest BCUT2D eigenvalue weighted by molar-refractivity contribution is -0.673. The summed E-state index contributed by atoms with van der Waals surface area (Å²) >= 11 is 0. The van der Waals surface area contributed by atoms with Crippen LogP contribution in [0, 0.1) is 0 Å². The van der Waals surface area contributed by atoms with Crippen molar-refractivity contribution in [2.24, 2.45) is 0 Å². The van der Waals surface area contributed by atoms with Gasteiger partial charge in [-0.05, 0) is 46.9 Å². The topological polar surface area (TPSA) is 86.7 Å². The van der Waals surface area contributed by atoms with E-state index in [1.165, 1.54) is 0 Å². The van der Waals surface area contributed by atoms with Gasteiger partial charge in [-0.2, -0.15) is 4.57 Å². The van der Waals surface area contributed by atoms with Crippen molar-refractivity contribution in [1.29, 1.82) is 0 Å². The van der Waals surface area contributed by atoms with Crippen molar-refractivity contribution < 1.29 is 26.7 Å². The van der Waals surface area contributed by atoms with Crippen molar-refractivity contribution in [1.82, 2.24) is 0 Å². The number of nitrogens with zero attached hydrogens (tertiary/aromatic N) is 2. The molecule has 8 heteroatoms. The van der Waals surface area contributed by atoms with E-state index in [0.717, 1.165) is 51.2 Å². The van der Waals surface area contributed by atoms with Gasteiger partial charge < -0.3 is 18.6 Å². The Hall–Kier alpha value is -4.40. The summed E-state index contributed by atoms with van der Waals surface area (Å²) in [7, 11) is -2.39. The number of hydrogen-bond acceptors (Lipinski definition) is 6. The molecule has 214 valence electrons. The Balaban J connectivity index is 1.31. The van der Waals surface area contributed by atoms with E-state index in [0.29, 0.717) is 17.9 Å². The zero-order chi connectivity index (χ0) is 29.3. The molecule has 1 aliphatic rings. The number of rotatable bonds is 9. The number of fused-ring (bicyclic) bond motifs is 2. The summed E-state index contributed by atoms with van der Waals surface area (Å²) in [6.07, 6.45) is 3.11. The first kappa shape index (κ1) is 27.8. The molecular formula is C34H32N2O5S. The molecule has 0 spiro atoms. The summed E-state index contributed by atoms with van der Waals surface area (Å²) in [4.78, 5) is 2.15. The second-order valence-electron chi connectivity index (χ2n) is 10.5. The fourth-order valence-electron chi connectivity index (χ4n) is 5.42. The SMILES string of the molecule is CC/C(=C/c1oc2ccc(-c3ccccc3)cc2[n+]1CCS(=O)(=O)[O-])CC1Oc2ccc(-c3ccccc3)cc2N1C. The zero-order valence-corrected chi connectivity index (χ0v) is 24.4. The molecule has 0 saturated heterocycles. The summed E-state index contributed by atoms with van der Waals surface area (Å²) < 4.78 is 49.2. The van der Waals surface area contributed by atoms with Crippen LogP contribution >= 0.6 is 0 Å². The molecule has 0 fully saturated rings. The Bertz CT molecular complexity index is 1860. The Morgan fingerprint density at radius 1 is 0.905 bits per heavy atom. The van der Waals surface area contributed by atoms with Gasteiger partial charge in [-0.15, -0.1) is 0 Å². The van der Waals surface area contributed by atoms with Gasteiger partial charge in [-0.1, -0.05) is 85.3 Å². The van der Waals surface area contributed by atoms with E-state index < -0.39 is 15.9 Å². The van der Waals surface area contributed by atoms with Crippen LogP contribution in [0.15, 0.2) is 107 Å². The predicted molar refractivity (Wildman–Crippen MR) is 164 cm³/mol. The third kappa shape index (κ3) is 5.82. The number of aromatic nitrogens is 1. The van der Waals surface area contributed by atoms with E-state index in [1.54, 1.807) is 4.57 Å². The molecule has 7 nitrogen and oxygen atoms in total. The maximum absolute atomic E-state index is 11.6. The molecule has 1 aromatic heterocycles. The monoisotopic (exact) mass is 580 g/mol. The summed E-state index contributed by atoms with van der Waals surface area (Å²) in [5, 5.41) is 0. The van der Waals surface area contributed by atoms with E-state index in [2.05, 4.69) is 36.1 Å². The number of anilines is 1. The zero-order valence-electron chi connectivity index (χ0n) is 23.6. The molecule has 0 amide bonds. The molecular weight excluding hydrogens is 548 g/mol. The van der Waals surface area contributed by atoms with Crippen LogP contribution in [0.25, 0.3) is 39.4 Å². The molecule has 0 radical (unpaired) electrons. The van der Waals surface area contributed by atoms with Crippen LogP contribution in [0.5, 0.6) is 5.75 Å². The lowest BCUT2D eigenvalue weighted by Gasteiger charge is -2.21. The van der Waals surface area contributed by atoms with E-state index >= 15 is 0 Å². The van der Waals surface area contributed by atoms with Crippen molar-refractivity contribution >= 4 is 33.0 Å². The van der Waals surface area contributed by atoms with Crippen molar-refractivity contribution in [3.05, 3.63) is 109 Å². The minimum Gasteiger partial charge on any atom is -0.748 e. The lowest BCUT2D eigenvalue weighted by atomic mass is 10.0. The molecule has 6 rings (SSSR count). The normalized spacial score (nSPS) is 15.2. The number of oxazole rings is 1. The van der Waals surface area contributed by atoms with Gasteiger partial charge in [0.25, 0.3) is 5.52 Å². The highest BCUT2D eigenvalue weighted by Gasteiger charge is 2.30. The molecule has 1 aliphatic heterocycles. The Kier molecular flexibility index (Phi) is 7.58. The average molecular weight is 581 g/mol. The summed E-state index contributed by atoms with van der Waals surface area (Å²) in [6.45, 7) is 2.07. The molecule has 2 heterocycles. The molecule has 1 unspecified atom stereocenters. The van der Waals surface area contributed by atoms with Gasteiger partial charge in [-0.3, -0.25) is 0 Å². The lowest BCUT2D eigenvalue weighted by Crippen LogP contribution is -2.39. The van der Waals surface area contributed by atoms with Gasteiger partial charge in [0, 0.05) is 19.5 Å². The summed E-state index contributed by atoms with van der Waals surface area (Å²) in [5.41, 5.74) is 7.74. The molecule has 42 heavy (non-hydrogen) atoms. The van der Waals surface area contributed by atoms with E-state index in [1.807, 2.05) is 85.9 Å². The van der Waals surface area contributed by atoms with Crippen LogP contribution in [0.4, 0.5) is 5.69 Å². The molecule has 4 aromatic carbocycles. The Morgan fingerprint density at radius 3 is 2.19 bits per heavy atom. The van der Waals surface area contributed by atoms with Crippen LogP contribution in [0.1, 0.15) is 25.7 Å². The fourth-order valence-corrected chi connectivity index (χ4v) is 5.82. The minimum absolute atomic E-state index is 0.00651. The Morgan fingerprint density at radius 2 is 1.55 bits per heavy atom. The summed E-state index contributed by atoms with van der Waals surface area (Å²) in [5.74, 6) is 0.809. The van der Waals surface area contributed by atoms with Gasteiger partial charge in [0.15, 0.2) is 12.8 Å². The smallest absolute Gasteiger partial charge is 0.374 e. The van der Waals surface area contributed by atoms with Crippen molar-refractivity contribution in [2.75, 3.05) is 17.7 Å². The van der Waals surface area contributed by atoms with Crippen molar-refractivity contribution in [3.8, 4) is 28.0 Å². The second-order valence-corrected chi connectivity index (χ2v) is 12.0. The number of hydrogen-bond donors (Lipinski definition) is 0. The highest BCUT2D eigenvalue weighted by Crippen LogP contribution is 2.41. The van der Waals surface area contributed by atoms with Gasteiger partial charge in [-0.25, -0.2) is 8.42 Å².